The molecule has 0 bridgehead atoms. The van der Waals surface area contributed by atoms with Gasteiger partial charge in [0.05, 0.1) is 6.61 Å². The van der Waals surface area contributed by atoms with E-state index in [0.29, 0.717) is 11.9 Å². The van der Waals surface area contributed by atoms with Gasteiger partial charge in [-0.05, 0) is 31.9 Å². The Balaban J connectivity index is 2.13. The van der Waals surface area contributed by atoms with Gasteiger partial charge in [0.25, 0.3) is 6.57 Å². The van der Waals surface area contributed by atoms with Crippen molar-refractivity contribution in [1.82, 2.24) is 0 Å². The minimum Gasteiger partial charge on any atom is -0.318 e. The Morgan fingerprint density at radius 3 is 2.50 bits per heavy atom. The zero-order chi connectivity index (χ0) is 12.8. The molecule has 0 aliphatic heterocycles. The maximum Gasteiger partial charge on any atom is 0.287 e. The Hall–Kier alpha value is -0.240. The Morgan fingerprint density at radius 2 is 1.89 bits per heavy atom. The SMILES string of the molecule is CCOP(=O)(SC1CCCCC1)c1ccccc1. The monoisotopic (exact) mass is 284 g/mol. The van der Waals surface area contributed by atoms with Crippen molar-refractivity contribution in [3.8, 4) is 0 Å². The van der Waals surface area contributed by atoms with Gasteiger partial charge in [-0.3, -0.25) is 4.57 Å². The summed E-state index contributed by atoms with van der Waals surface area (Å²) in [4.78, 5) is 0. The van der Waals surface area contributed by atoms with E-state index in [0.717, 1.165) is 5.30 Å². The third-order valence-electron chi connectivity index (χ3n) is 3.21. The van der Waals surface area contributed by atoms with Gasteiger partial charge in [0.1, 0.15) is 0 Å². The van der Waals surface area contributed by atoms with E-state index in [1.807, 2.05) is 37.3 Å². The average molecular weight is 284 g/mol. The van der Waals surface area contributed by atoms with Crippen molar-refractivity contribution < 1.29 is 9.09 Å². The van der Waals surface area contributed by atoms with Crippen molar-refractivity contribution in [2.45, 2.75) is 44.3 Å². The van der Waals surface area contributed by atoms with Crippen LogP contribution in [0.25, 0.3) is 0 Å². The van der Waals surface area contributed by atoms with E-state index in [2.05, 4.69) is 0 Å². The van der Waals surface area contributed by atoms with Gasteiger partial charge < -0.3 is 4.52 Å². The zero-order valence-electron chi connectivity index (χ0n) is 10.9. The van der Waals surface area contributed by atoms with E-state index in [1.165, 1.54) is 32.1 Å². The van der Waals surface area contributed by atoms with E-state index < -0.39 is 6.57 Å². The van der Waals surface area contributed by atoms with Crippen LogP contribution in [0.15, 0.2) is 30.3 Å². The van der Waals surface area contributed by atoms with Crippen LogP contribution in [-0.2, 0) is 9.09 Å². The second kappa shape index (κ2) is 6.79. The Bertz CT molecular complexity index is 402. The molecule has 1 aliphatic rings. The summed E-state index contributed by atoms with van der Waals surface area (Å²) in [5.74, 6) is 0. The summed E-state index contributed by atoms with van der Waals surface area (Å²) in [6.07, 6.45) is 6.20. The molecule has 4 heteroatoms. The summed E-state index contributed by atoms with van der Waals surface area (Å²) in [5, 5.41) is 1.35. The quantitative estimate of drug-likeness (QED) is 0.739. The van der Waals surface area contributed by atoms with Crippen LogP contribution in [0.3, 0.4) is 0 Å². The molecule has 1 fully saturated rings. The first-order valence-corrected chi connectivity index (χ1v) is 9.84. The molecule has 2 nitrogen and oxygen atoms in total. The van der Waals surface area contributed by atoms with Crippen LogP contribution >= 0.6 is 18.0 Å². The van der Waals surface area contributed by atoms with Crippen LogP contribution in [0.4, 0.5) is 0 Å². The van der Waals surface area contributed by atoms with Crippen molar-refractivity contribution in [3.05, 3.63) is 30.3 Å². The van der Waals surface area contributed by atoms with Crippen molar-refractivity contribution in [2.75, 3.05) is 6.61 Å². The van der Waals surface area contributed by atoms with Crippen LogP contribution in [0, 0.1) is 0 Å². The Morgan fingerprint density at radius 1 is 1.22 bits per heavy atom. The van der Waals surface area contributed by atoms with Gasteiger partial charge in [-0.2, -0.15) is 0 Å². The van der Waals surface area contributed by atoms with Crippen LogP contribution in [0.2, 0.25) is 0 Å². The lowest BCUT2D eigenvalue weighted by atomic mass is 10.0. The lowest BCUT2D eigenvalue weighted by molar-refractivity contribution is 0.352. The first kappa shape index (κ1) is 14.2. The van der Waals surface area contributed by atoms with Crippen molar-refractivity contribution in [1.29, 1.82) is 0 Å². The molecule has 0 heterocycles. The molecule has 0 radical (unpaired) electrons. The molecule has 0 amide bonds. The van der Waals surface area contributed by atoms with Crippen molar-refractivity contribution >= 4 is 23.3 Å². The minimum absolute atomic E-state index is 0.497. The number of hydrogen-bond donors (Lipinski definition) is 0. The summed E-state index contributed by atoms with van der Waals surface area (Å²) in [5.41, 5.74) is 0. The number of hydrogen-bond acceptors (Lipinski definition) is 3. The molecule has 0 aromatic heterocycles. The molecule has 0 spiro atoms. The fraction of sp³-hybridized carbons (Fsp3) is 0.571. The molecular formula is C14H21O2PS. The van der Waals surface area contributed by atoms with Crippen LogP contribution in [0.1, 0.15) is 39.0 Å². The molecule has 2 rings (SSSR count). The first-order valence-electron chi connectivity index (χ1n) is 6.73. The Labute approximate surface area is 114 Å². The van der Waals surface area contributed by atoms with Gasteiger partial charge in [-0.1, -0.05) is 48.8 Å². The van der Waals surface area contributed by atoms with Crippen molar-refractivity contribution in [3.63, 3.8) is 0 Å². The van der Waals surface area contributed by atoms with E-state index in [4.69, 9.17) is 4.52 Å². The molecule has 100 valence electrons. The average Bonchev–Trinajstić information content (AvgIpc) is 2.41. The van der Waals surface area contributed by atoms with E-state index >= 15 is 0 Å². The first-order chi connectivity index (χ1) is 8.74. The third kappa shape index (κ3) is 3.63. The van der Waals surface area contributed by atoms with Gasteiger partial charge in [0.15, 0.2) is 0 Å². The molecule has 1 aromatic rings. The third-order valence-corrected chi connectivity index (χ3v) is 8.46. The highest BCUT2D eigenvalue weighted by molar-refractivity contribution is 8.59. The predicted octanol–water partition coefficient (Wildman–Crippen LogP) is 4.61. The van der Waals surface area contributed by atoms with Crippen LogP contribution in [0.5, 0.6) is 0 Å². The summed E-state index contributed by atoms with van der Waals surface area (Å²) in [7, 11) is 0. The second-order valence-corrected chi connectivity index (χ2v) is 9.34. The van der Waals surface area contributed by atoms with Gasteiger partial charge in [-0.15, -0.1) is 0 Å². The maximum absolute atomic E-state index is 13.0. The number of rotatable bonds is 5. The summed E-state index contributed by atoms with van der Waals surface area (Å²) < 4.78 is 18.7. The molecule has 18 heavy (non-hydrogen) atoms. The van der Waals surface area contributed by atoms with Gasteiger partial charge in [0, 0.05) is 10.6 Å². The molecule has 0 saturated heterocycles. The lowest BCUT2D eigenvalue weighted by Crippen LogP contribution is -2.12. The standard InChI is InChI=1S/C14H21O2PS/c1-2-16-17(15,13-9-5-3-6-10-13)18-14-11-7-4-8-12-14/h3,5-6,9-10,14H,2,4,7-8,11-12H2,1H3. The molecule has 1 aromatic carbocycles. The van der Waals surface area contributed by atoms with Gasteiger partial charge >= 0.3 is 0 Å². The van der Waals surface area contributed by atoms with Gasteiger partial charge in [0.2, 0.25) is 0 Å². The summed E-state index contributed by atoms with van der Waals surface area (Å²) in [6, 6.07) is 9.66. The molecule has 0 N–H and O–H groups in total. The van der Waals surface area contributed by atoms with Gasteiger partial charge in [-0.25, -0.2) is 0 Å². The lowest BCUT2D eigenvalue weighted by Gasteiger charge is -2.26. The Kier molecular flexibility index (Phi) is 5.35. The zero-order valence-corrected chi connectivity index (χ0v) is 12.6. The fourth-order valence-corrected chi connectivity index (χ4v) is 7.50. The molecular weight excluding hydrogens is 263 g/mol. The summed E-state index contributed by atoms with van der Waals surface area (Å²) in [6.45, 7) is -0.304. The highest BCUT2D eigenvalue weighted by Crippen LogP contribution is 2.61. The highest BCUT2D eigenvalue weighted by atomic mass is 32.7. The molecule has 1 atom stereocenters. The normalized spacial score (nSPS) is 20.5. The topological polar surface area (TPSA) is 26.3 Å². The van der Waals surface area contributed by atoms with E-state index in [9.17, 15) is 4.57 Å². The minimum atomic E-state index is -2.72. The van der Waals surface area contributed by atoms with Crippen molar-refractivity contribution in [2.24, 2.45) is 0 Å². The predicted molar refractivity (Wildman–Crippen MR) is 79.8 cm³/mol. The number of benzene rings is 1. The van der Waals surface area contributed by atoms with Crippen LogP contribution in [-0.4, -0.2) is 11.9 Å². The van der Waals surface area contributed by atoms with E-state index in [-0.39, 0.29) is 0 Å². The molecule has 1 aliphatic carbocycles. The smallest absolute Gasteiger partial charge is 0.287 e. The highest BCUT2D eigenvalue weighted by Gasteiger charge is 2.31. The van der Waals surface area contributed by atoms with E-state index in [1.54, 1.807) is 11.4 Å². The maximum atomic E-state index is 13.0. The summed E-state index contributed by atoms with van der Waals surface area (Å²) >= 11 is 1.58. The largest absolute Gasteiger partial charge is 0.318 e. The molecule has 1 unspecified atom stereocenters. The second-order valence-electron chi connectivity index (χ2n) is 4.62. The van der Waals surface area contributed by atoms with Crippen LogP contribution < -0.4 is 5.30 Å². The molecule has 1 saturated carbocycles. The fourth-order valence-electron chi connectivity index (χ4n) is 2.31.